The molecule has 0 spiro atoms. The van der Waals surface area contributed by atoms with E-state index in [2.05, 4.69) is 20.3 Å². The van der Waals surface area contributed by atoms with Gasteiger partial charge in [-0.05, 0) is 30.5 Å². The third-order valence-electron chi connectivity index (χ3n) is 4.07. The van der Waals surface area contributed by atoms with Gasteiger partial charge in [0, 0.05) is 23.2 Å². The van der Waals surface area contributed by atoms with Gasteiger partial charge in [0.25, 0.3) is 0 Å². The number of anilines is 1. The number of aromatic nitrogens is 4. The van der Waals surface area contributed by atoms with Gasteiger partial charge in [0.1, 0.15) is 6.23 Å². The molecule has 1 aromatic carbocycles. The average Bonchev–Trinajstić information content (AvgIpc) is 3.22. The monoisotopic (exact) mass is 381 g/mol. The van der Waals surface area contributed by atoms with Crippen LogP contribution in [0.2, 0.25) is 10.0 Å². The zero-order valence-corrected chi connectivity index (χ0v) is 14.6. The largest absolute Gasteiger partial charge is 0.364 e. The van der Waals surface area contributed by atoms with E-state index < -0.39 is 6.08 Å². The Kier molecular flexibility index (Phi) is 4.45. The number of fused-ring (bicyclic) bond motifs is 1. The molecule has 1 aliphatic heterocycles. The lowest BCUT2D eigenvalue weighted by molar-refractivity contribution is 0.0592. The van der Waals surface area contributed by atoms with E-state index in [1.165, 1.54) is 0 Å². The number of hydrogen-bond acceptors (Lipinski definition) is 5. The molecule has 25 heavy (non-hydrogen) atoms. The minimum Gasteiger partial charge on any atom is -0.364 e. The fraction of sp³-hybridized carbons (Fsp3) is 0.312. The molecular weight excluding hydrogens is 368 g/mol. The van der Waals surface area contributed by atoms with Gasteiger partial charge in [-0.2, -0.15) is 14.4 Å². The third-order valence-corrected chi connectivity index (χ3v) is 4.66. The molecule has 1 unspecified atom stereocenters. The lowest BCUT2D eigenvalue weighted by Crippen LogP contribution is -2.09. The van der Waals surface area contributed by atoms with Crippen LogP contribution in [0.1, 0.15) is 24.6 Å². The Bertz CT molecular complexity index is 926. The number of nitrogens with zero attached hydrogens (tertiary/aromatic N) is 4. The molecule has 1 saturated heterocycles. The van der Waals surface area contributed by atoms with Gasteiger partial charge >= 0.3 is 6.08 Å². The van der Waals surface area contributed by atoms with Gasteiger partial charge in [-0.1, -0.05) is 29.3 Å². The third kappa shape index (κ3) is 3.27. The zero-order chi connectivity index (χ0) is 17.4. The number of nitrogens with one attached hydrogen (secondary N) is 1. The molecule has 9 heteroatoms. The van der Waals surface area contributed by atoms with Crippen LogP contribution in [-0.2, 0) is 11.3 Å². The number of halogens is 3. The van der Waals surface area contributed by atoms with Crippen LogP contribution in [0, 0.1) is 6.08 Å². The molecule has 0 radical (unpaired) electrons. The second-order valence-electron chi connectivity index (χ2n) is 5.72. The standard InChI is InChI=1S/C16H14Cl2FN5O/c17-10-4-3-9(11(18)6-10)7-20-14-13-15(23-16(19)22-14)24(8-21-13)12-2-1-5-25-12/h3-4,6,8,12H,1-2,5,7H2,(H,20,22,23). The van der Waals surface area contributed by atoms with E-state index in [0.717, 1.165) is 18.4 Å². The molecule has 1 fully saturated rings. The molecule has 1 N–H and O–H groups in total. The summed E-state index contributed by atoms with van der Waals surface area (Å²) < 4.78 is 21.3. The molecule has 1 aliphatic rings. The number of ether oxygens (including phenoxy) is 1. The van der Waals surface area contributed by atoms with Crippen molar-refractivity contribution in [3.05, 3.63) is 46.2 Å². The van der Waals surface area contributed by atoms with Crippen molar-refractivity contribution in [2.75, 3.05) is 11.9 Å². The molecule has 2 aromatic heterocycles. The summed E-state index contributed by atoms with van der Waals surface area (Å²) in [6, 6.07) is 5.20. The summed E-state index contributed by atoms with van der Waals surface area (Å²) >= 11 is 12.1. The van der Waals surface area contributed by atoms with Gasteiger partial charge in [-0.25, -0.2) is 4.98 Å². The summed E-state index contributed by atoms with van der Waals surface area (Å²) in [7, 11) is 0. The fourth-order valence-corrected chi connectivity index (χ4v) is 3.32. The van der Waals surface area contributed by atoms with Crippen LogP contribution in [0.3, 0.4) is 0 Å². The lowest BCUT2D eigenvalue weighted by Gasteiger charge is -2.12. The molecule has 0 aliphatic carbocycles. The molecule has 3 heterocycles. The van der Waals surface area contributed by atoms with Crippen LogP contribution in [-0.4, -0.2) is 26.1 Å². The van der Waals surface area contributed by atoms with Crippen LogP contribution in [0.5, 0.6) is 0 Å². The summed E-state index contributed by atoms with van der Waals surface area (Å²) in [5.41, 5.74) is 1.71. The van der Waals surface area contributed by atoms with Gasteiger partial charge in [-0.15, -0.1) is 0 Å². The van der Waals surface area contributed by atoms with E-state index in [4.69, 9.17) is 27.9 Å². The van der Waals surface area contributed by atoms with E-state index in [9.17, 15) is 4.39 Å². The first kappa shape index (κ1) is 16.5. The number of hydrogen-bond donors (Lipinski definition) is 1. The van der Waals surface area contributed by atoms with Gasteiger partial charge < -0.3 is 10.1 Å². The molecular formula is C16H14Cl2FN5O. The summed E-state index contributed by atoms with van der Waals surface area (Å²) in [6.45, 7) is 1.03. The smallest absolute Gasteiger partial charge is 0.312 e. The van der Waals surface area contributed by atoms with Gasteiger partial charge in [-0.3, -0.25) is 4.57 Å². The molecule has 130 valence electrons. The van der Waals surface area contributed by atoms with Crippen molar-refractivity contribution < 1.29 is 9.13 Å². The Morgan fingerprint density at radius 2 is 2.20 bits per heavy atom. The first-order chi connectivity index (χ1) is 12.1. The molecule has 3 aromatic rings. The van der Waals surface area contributed by atoms with Crippen molar-refractivity contribution in [3.8, 4) is 0 Å². The Labute approximate surface area is 153 Å². The predicted molar refractivity (Wildman–Crippen MR) is 93.3 cm³/mol. The highest BCUT2D eigenvalue weighted by Crippen LogP contribution is 2.28. The number of benzene rings is 1. The maximum Gasteiger partial charge on any atom is 0.312 e. The minimum atomic E-state index is -0.822. The highest BCUT2D eigenvalue weighted by Gasteiger charge is 2.22. The van der Waals surface area contributed by atoms with Crippen molar-refractivity contribution in [1.82, 2.24) is 19.5 Å². The van der Waals surface area contributed by atoms with Crippen molar-refractivity contribution in [2.24, 2.45) is 0 Å². The van der Waals surface area contributed by atoms with Crippen molar-refractivity contribution in [1.29, 1.82) is 0 Å². The Hall–Kier alpha value is -1.96. The van der Waals surface area contributed by atoms with E-state index >= 15 is 0 Å². The van der Waals surface area contributed by atoms with Crippen LogP contribution >= 0.6 is 23.2 Å². The highest BCUT2D eigenvalue weighted by molar-refractivity contribution is 6.35. The summed E-state index contributed by atoms with van der Waals surface area (Å²) in [5, 5.41) is 4.15. The first-order valence-electron chi connectivity index (χ1n) is 7.81. The quantitative estimate of drug-likeness (QED) is 0.686. The average molecular weight is 382 g/mol. The first-order valence-corrected chi connectivity index (χ1v) is 8.57. The van der Waals surface area contributed by atoms with Crippen molar-refractivity contribution >= 4 is 40.2 Å². The maximum atomic E-state index is 13.9. The van der Waals surface area contributed by atoms with Crippen molar-refractivity contribution in [3.63, 3.8) is 0 Å². The summed E-state index contributed by atoms with van der Waals surface area (Å²) in [6.07, 6.45) is 2.42. The van der Waals surface area contributed by atoms with Gasteiger partial charge in [0.2, 0.25) is 0 Å². The van der Waals surface area contributed by atoms with Crippen LogP contribution in [0.15, 0.2) is 24.5 Å². The van der Waals surface area contributed by atoms with E-state index in [1.54, 1.807) is 29.1 Å². The van der Waals surface area contributed by atoms with Crippen LogP contribution in [0.4, 0.5) is 10.2 Å². The van der Waals surface area contributed by atoms with Gasteiger partial charge in [0.15, 0.2) is 17.0 Å². The zero-order valence-electron chi connectivity index (χ0n) is 13.0. The second kappa shape index (κ2) is 6.74. The molecule has 1 atom stereocenters. The molecule has 6 nitrogen and oxygen atoms in total. The predicted octanol–water partition coefficient (Wildman–Crippen LogP) is 4.19. The molecule has 0 bridgehead atoms. The summed E-state index contributed by atoms with van der Waals surface area (Å²) in [5.74, 6) is 0.310. The molecule has 0 saturated carbocycles. The van der Waals surface area contributed by atoms with Crippen LogP contribution < -0.4 is 5.32 Å². The van der Waals surface area contributed by atoms with Crippen LogP contribution in [0.25, 0.3) is 11.2 Å². The SMILES string of the molecule is Fc1nc(NCc2ccc(Cl)cc2Cl)c2ncn(C3CCCO3)c2n1. The topological polar surface area (TPSA) is 64.9 Å². The fourth-order valence-electron chi connectivity index (χ4n) is 2.85. The molecule has 0 amide bonds. The Morgan fingerprint density at radius 1 is 1.32 bits per heavy atom. The normalized spacial score (nSPS) is 17.3. The van der Waals surface area contributed by atoms with E-state index in [0.29, 0.717) is 40.2 Å². The van der Waals surface area contributed by atoms with E-state index in [-0.39, 0.29) is 6.23 Å². The van der Waals surface area contributed by atoms with E-state index in [1.807, 2.05) is 0 Å². The number of rotatable bonds is 4. The Balaban J connectivity index is 1.65. The minimum absolute atomic E-state index is 0.169. The second-order valence-corrected chi connectivity index (χ2v) is 6.57. The van der Waals surface area contributed by atoms with Crippen molar-refractivity contribution in [2.45, 2.75) is 25.6 Å². The molecule has 4 rings (SSSR count). The van der Waals surface area contributed by atoms with Gasteiger partial charge in [0.05, 0.1) is 6.33 Å². The lowest BCUT2D eigenvalue weighted by atomic mass is 10.2. The summed E-state index contributed by atoms with van der Waals surface area (Å²) in [4.78, 5) is 12.0. The Morgan fingerprint density at radius 3 is 2.96 bits per heavy atom. The highest BCUT2D eigenvalue weighted by atomic mass is 35.5. The number of imidazole rings is 1. The maximum absolute atomic E-state index is 13.9.